The van der Waals surface area contributed by atoms with Crippen LogP contribution in [0.4, 0.5) is 0 Å². The number of hydrogen-bond donors (Lipinski definition) is 2. The molecule has 2 nitrogen and oxygen atoms in total. The Balaban J connectivity index is 1.65. The lowest BCUT2D eigenvalue weighted by atomic mass is 10.0. The number of benzene rings is 2. The predicted octanol–water partition coefficient (Wildman–Crippen LogP) is 3.55. The lowest BCUT2D eigenvalue weighted by Crippen LogP contribution is -2.37. The van der Waals surface area contributed by atoms with Gasteiger partial charge < -0.3 is 10.6 Å². The Morgan fingerprint density at radius 2 is 1.59 bits per heavy atom. The Labute approximate surface area is 139 Å². The minimum atomic E-state index is 0.737. The Morgan fingerprint density at radius 1 is 0.909 bits per heavy atom. The van der Waals surface area contributed by atoms with E-state index in [-0.39, 0.29) is 0 Å². The second kappa shape index (κ2) is 8.54. The smallest absolute Gasteiger partial charge is 0.166 e. The molecular formula is C19H24N2S. The summed E-state index contributed by atoms with van der Waals surface area (Å²) in [6, 6.07) is 17.0. The molecule has 116 valence electrons. The first-order valence-electron chi connectivity index (χ1n) is 7.77. The third-order valence-corrected chi connectivity index (χ3v) is 4.01. The van der Waals surface area contributed by atoms with Gasteiger partial charge in [0.05, 0.1) is 0 Å². The fourth-order valence-corrected chi connectivity index (χ4v) is 2.67. The zero-order chi connectivity index (χ0) is 15.8. The maximum Gasteiger partial charge on any atom is 0.166 e. The zero-order valence-electron chi connectivity index (χ0n) is 13.4. The molecule has 0 unspecified atom stereocenters. The van der Waals surface area contributed by atoms with Crippen LogP contribution < -0.4 is 10.6 Å². The van der Waals surface area contributed by atoms with Crippen LogP contribution in [0, 0.1) is 13.8 Å². The average molecular weight is 312 g/mol. The van der Waals surface area contributed by atoms with E-state index in [9.17, 15) is 0 Å². The van der Waals surface area contributed by atoms with Gasteiger partial charge in [0, 0.05) is 13.1 Å². The third kappa shape index (κ3) is 5.49. The van der Waals surface area contributed by atoms with Gasteiger partial charge in [0.2, 0.25) is 0 Å². The van der Waals surface area contributed by atoms with Crippen molar-refractivity contribution in [1.29, 1.82) is 0 Å². The molecule has 0 spiro atoms. The molecule has 2 aromatic carbocycles. The van der Waals surface area contributed by atoms with Gasteiger partial charge in [-0.05, 0) is 55.6 Å². The first-order valence-corrected chi connectivity index (χ1v) is 8.18. The second-order valence-corrected chi connectivity index (χ2v) is 6.01. The topological polar surface area (TPSA) is 24.1 Å². The molecule has 2 N–H and O–H groups in total. The minimum absolute atomic E-state index is 0.737. The van der Waals surface area contributed by atoms with E-state index in [1.807, 2.05) is 6.07 Å². The summed E-state index contributed by atoms with van der Waals surface area (Å²) in [5, 5.41) is 7.28. The van der Waals surface area contributed by atoms with Crippen LogP contribution in [0.25, 0.3) is 0 Å². The molecule has 0 heterocycles. The van der Waals surface area contributed by atoms with Crippen LogP contribution in [0.15, 0.2) is 48.5 Å². The molecule has 0 saturated carbocycles. The highest BCUT2D eigenvalue weighted by Crippen LogP contribution is 2.10. The summed E-state index contributed by atoms with van der Waals surface area (Å²) < 4.78 is 0. The maximum atomic E-state index is 5.32. The molecule has 0 radical (unpaired) electrons. The molecule has 2 rings (SSSR count). The first-order chi connectivity index (χ1) is 10.6. The van der Waals surface area contributed by atoms with Gasteiger partial charge in [-0.25, -0.2) is 0 Å². The lowest BCUT2D eigenvalue weighted by molar-refractivity contribution is 0.800. The van der Waals surface area contributed by atoms with Crippen molar-refractivity contribution in [2.75, 3.05) is 13.1 Å². The molecule has 3 heteroatoms. The largest absolute Gasteiger partial charge is 0.362 e. The molecule has 0 amide bonds. The predicted molar refractivity (Wildman–Crippen MR) is 98.4 cm³/mol. The normalized spacial score (nSPS) is 10.3. The molecule has 2 aromatic rings. The monoisotopic (exact) mass is 312 g/mol. The summed E-state index contributed by atoms with van der Waals surface area (Å²) in [5.74, 6) is 0. The molecule has 0 fully saturated rings. The molecule has 0 atom stereocenters. The van der Waals surface area contributed by atoms with Crippen molar-refractivity contribution >= 4 is 17.3 Å². The van der Waals surface area contributed by atoms with Crippen LogP contribution in [0.3, 0.4) is 0 Å². The molecule has 22 heavy (non-hydrogen) atoms. The number of rotatable bonds is 6. The van der Waals surface area contributed by atoms with Crippen LogP contribution >= 0.6 is 12.2 Å². The van der Waals surface area contributed by atoms with Crippen LogP contribution in [-0.4, -0.2) is 18.2 Å². The fourth-order valence-electron chi connectivity index (χ4n) is 2.46. The van der Waals surface area contributed by atoms with Gasteiger partial charge in [-0.15, -0.1) is 0 Å². The Morgan fingerprint density at radius 3 is 2.27 bits per heavy atom. The first kappa shape index (κ1) is 16.5. The van der Waals surface area contributed by atoms with Crippen molar-refractivity contribution in [3.05, 3.63) is 70.8 Å². The zero-order valence-corrected chi connectivity index (χ0v) is 14.2. The van der Waals surface area contributed by atoms with Gasteiger partial charge in [-0.2, -0.15) is 0 Å². The highest BCUT2D eigenvalue weighted by molar-refractivity contribution is 7.80. The van der Waals surface area contributed by atoms with Crippen molar-refractivity contribution in [3.63, 3.8) is 0 Å². The van der Waals surface area contributed by atoms with E-state index in [4.69, 9.17) is 12.2 Å². The highest BCUT2D eigenvalue weighted by Gasteiger charge is 2.00. The van der Waals surface area contributed by atoms with E-state index in [0.717, 1.165) is 31.0 Å². The van der Waals surface area contributed by atoms with E-state index in [1.54, 1.807) is 0 Å². The summed E-state index contributed by atoms with van der Waals surface area (Å²) >= 11 is 5.32. The van der Waals surface area contributed by atoms with Crippen LogP contribution in [0.1, 0.15) is 22.3 Å². The van der Waals surface area contributed by atoms with E-state index in [0.29, 0.717) is 0 Å². The fraction of sp³-hybridized carbons (Fsp3) is 0.316. The Bertz CT molecular complexity index is 608. The summed E-state index contributed by atoms with van der Waals surface area (Å²) in [4.78, 5) is 0. The SMILES string of the molecule is Cc1ccc(CCNC(=S)NCCc2ccccc2)c(C)c1. The molecule has 0 aliphatic carbocycles. The quantitative estimate of drug-likeness (QED) is 0.798. The molecule has 0 aliphatic rings. The van der Waals surface area contributed by atoms with Gasteiger partial charge in [-0.3, -0.25) is 0 Å². The third-order valence-electron chi connectivity index (χ3n) is 3.72. The van der Waals surface area contributed by atoms with E-state index in [2.05, 4.69) is 66.9 Å². The molecule has 0 aliphatic heterocycles. The van der Waals surface area contributed by atoms with E-state index in [1.165, 1.54) is 22.3 Å². The molecule has 0 saturated heterocycles. The maximum absolute atomic E-state index is 5.32. The van der Waals surface area contributed by atoms with E-state index >= 15 is 0 Å². The van der Waals surface area contributed by atoms with Crippen LogP contribution in [0.5, 0.6) is 0 Å². The number of aryl methyl sites for hydroxylation is 2. The number of nitrogens with one attached hydrogen (secondary N) is 2. The molecule has 0 bridgehead atoms. The van der Waals surface area contributed by atoms with Crippen LogP contribution in [-0.2, 0) is 12.8 Å². The second-order valence-electron chi connectivity index (χ2n) is 5.60. The summed E-state index contributed by atoms with van der Waals surface area (Å²) in [6.07, 6.45) is 1.98. The number of hydrogen-bond acceptors (Lipinski definition) is 1. The lowest BCUT2D eigenvalue weighted by Gasteiger charge is -2.12. The van der Waals surface area contributed by atoms with Gasteiger partial charge in [0.25, 0.3) is 0 Å². The van der Waals surface area contributed by atoms with E-state index < -0.39 is 0 Å². The van der Waals surface area contributed by atoms with Gasteiger partial charge >= 0.3 is 0 Å². The summed E-state index contributed by atoms with van der Waals surface area (Å²) in [5.41, 5.74) is 5.37. The molecular weight excluding hydrogens is 288 g/mol. The van der Waals surface area contributed by atoms with Gasteiger partial charge in [0.1, 0.15) is 0 Å². The van der Waals surface area contributed by atoms with Crippen molar-refractivity contribution in [3.8, 4) is 0 Å². The Hall–Kier alpha value is -1.87. The van der Waals surface area contributed by atoms with Gasteiger partial charge in [0.15, 0.2) is 5.11 Å². The minimum Gasteiger partial charge on any atom is -0.362 e. The van der Waals surface area contributed by atoms with Gasteiger partial charge in [-0.1, -0.05) is 54.1 Å². The van der Waals surface area contributed by atoms with Crippen LogP contribution in [0.2, 0.25) is 0 Å². The summed E-state index contributed by atoms with van der Waals surface area (Å²) in [6.45, 7) is 6.01. The van der Waals surface area contributed by atoms with Crippen molar-refractivity contribution < 1.29 is 0 Å². The van der Waals surface area contributed by atoms with Crippen molar-refractivity contribution in [1.82, 2.24) is 10.6 Å². The molecule has 0 aromatic heterocycles. The summed E-state index contributed by atoms with van der Waals surface area (Å²) in [7, 11) is 0. The average Bonchev–Trinajstić information content (AvgIpc) is 2.50. The standard InChI is InChI=1S/C19H24N2S/c1-15-8-9-18(16(2)14-15)11-13-21-19(22)20-12-10-17-6-4-3-5-7-17/h3-9,14H,10-13H2,1-2H3,(H2,20,21,22). The highest BCUT2D eigenvalue weighted by atomic mass is 32.1. The van der Waals surface area contributed by atoms with Crippen molar-refractivity contribution in [2.24, 2.45) is 0 Å². The number of thiocarbonyl (C=S) groups is 1. The Kier molecular flexibility index (Phi) is 6.41. The van der Waals surface area contributed by atoms with Crippen molar-refractivity contribution in [2.45, 2.75) is 26.7 Å².